The number of rotatable bonds is 4. The Labute approximate surface area is 111 Å². The third-order valence-electron chi connectivity index (χ3n) is 4.29. The lowest BCUT2D eigenvalue weighted by Crippen LogP contribution is -2.30. The number of hydrogen-bond donors (Lipinski definition) is 0. The lowest BCUT2D eigenvalue weighted by molar-refractivity contribution is -0.127. The van der Waals surface area contributed by atoms with E-state index in [1.54, 1.807) is 0 Å². The average Bonchev–Trinajstić information content (AvgIpc) is 3.34. The van der Waals surface area contributed by atoms with Gasteiger partial charge >= 0.3 is 0 Å². The van der Waals surface area contributed by atoms with Crippen LogP contribution in [-0.2, 0) is 4.79 Å². The van der Waals surface area contributed by atoms with Crippen LogP contribution in [0.3, 0.4) is 0 Å². The van der Waals surface area contributed by atoms with Crippen molar-refractivity contribution in [1.82, 2.24) is 19.9 Å². The van der Waals surface area contributed by atoms with E-state index in [0.717, 1.165) is 18.7 Å². The summed E-state index contributed by atoms with van der Waals surface area (Å²) in [4.78, 5) is 20.5. The molecule has 2 saturated carbocycles. The molecular formula is C13H18N4O2. The van der Waals surface area contributed by atoms with E-state index in [1.165, 1.54) is 12.8 Å². The second-order valence-corrected chi connectivity index (χ2v) is 5.92. The van der Waals surface area contributed by atoms with Crippen molar-refractivity contribution in [3.05, 3.63) is 11.7 Å². The van der Waals surface area contributed by atoms with Crippen LogP contribution in [0, 0.1) is 0 Å². The monoisotopic (exact) mass is 262 g/mol. The summed E-state index contributed by atoms with van der Waals surface area (Å²) in [6, 6.07) is 0.502. The molecule has 1 aliphatic heterocycles. The molecule has 1 atom stereocenters. The van der Waals surface area contributed by atoms with Gasteiger partial charge in [0.25, 0.3) is 0 Å². The quantitative estimate of drug-likeness (QED) is 0.817. The van der Waals surface area contributed by atoms with Gasteiger partial charge in [0.15, 0.2) is 5.82 Å². The predicted molar refractivity (Wildman–Crippen MR) is 66.1 cm³/mol. The third kappa shape index (κ3) is 2.04. The highest BCUT2D eigenvalue weighted by atomic mass is 16.5. The molecule has 1 amide bonds. The van der Waals surface area contributed by atoms with Crippen LogP contribution in [0.2, 0.25) is 0 Å². The van der Waals surface area contributed by atoms with Gasteiger partial charge in [0.1, 0.15) is 0 Å². The van der Waals surface area contributed by atoms with Crippen LogP contribution >= 0.6 is 0 Å². The third-order valence-corrected chi connectivity index (χ3v) is 4.29. The molecule has 6 nitrogen and oxygen atoms in total. The lowest BCUT2D eigenvalue weighted by atomic mass is 10.3. The lowest BCUT2D eigenvalue weighted by Gasteiger charge is -2.20. The highest BCUT2D eigenvalue weighted by Crippen LogP contribution is 2.39. The first kappa shape index (κ1) is 11.4. The Balaban J connectivity index is 1.47. The predicted octanol–water partition coefficient (Wildman–Crippen LogP) is 1.27. The minimum atomic E-state index is 0.0210. The second kappa shape index (κ2) is 4.03. The number of aromatic nitrogens is 2. The van der Waals surface area contributed by atoms with Gasteiger partial charge in [-0.2, -0.15) is 4.98 Å². The standard InChI is InChI=1S/C13H18N4O2/c1-8(13-14-12(15-19-13)9-2-3-9)16-6-11(18)17(7-16)10-4-5-10/h8-10H,2-7H2,1H3/t8-/m0/s1. The molecule has 1 saturated heterocycles. The fourth-order valence-electron chi connectivity index (χ4n) is 2.63. The Morgan fingerprint density at radius 2 is 2.11 bits per heavy atom. The van der Waals surface area contributed by atoms with Crippen LogP contribution < -0.4 is 0 Å². The molecule has 1 aromatic heterocycles. The number of nitrogens with zero attached hydrogens (tertiary/aromatic N) is 4. The fraction of sp³-hybridized carbons (Fsp3) is 0.769. The highest BCUT2D eigenvalue weighted by molar-refractivity contribution is 5.80. The summed E-state index contributed by atoms with van der Waals surface area (Å²) >= 11 is 0. The van der Waals surface area contributed by atoms with Gasteiger partial charge in [-0.05, 0) is 32.6 Å². The molecule has 0 N–H and O–H groups in total. The Hall–Kier alpha value is -1.43. The van der Waals surface area contributed by atoms with Crippen molar-refractivity contribution >= 4 is 5.91 Å². The molecule has 0 radical (unpaired) electrons. The van der Waals surface area contributed by atoms with Crippen molar-refractivity contribution < 1.29 is 9.32 Å². The molecule has 0 spiro atoms. The van der Waals surface area contributed by atoms with Crippen molar-refractivity contribution in [2.75, 3.05) is 13.2 Å². The Morgan fingerprint density at radius 3 is 2.79 bits per heavy atom. The average molecular weight is 262 g/mol. The summed E-state index contributed by atoms with van der Waals surface area (Å²) in [5, 5.41) is 4.04. The van der Waals surface area contributed by atoms with Crippen molar-refractivity contribution in [3.63, 3.8) is 0 Å². The van der Waals surface area contributed by atoms with Gasteiger partial charge in [-0.1, -0.05) is 5.16 Å². The topological polar surface area (TPSA) is 62.5 Å². The van der Waals surface area contributed by atoms with E-state index in [0.29, 0.717) is 31.1 Å². The van der Waals surface area contributed by atoms with E-state index in [-0.39, 0.29) is 11.9 Å². The summed E-state index contributed by atoms with van der Waals surface area (Å²) in [6.45, 7) is 3.21. The minimum Gasteiger partial charge on any atom is -0.338 e. The van der Waals surface area contributed by atoms with Crippen LogP contribution in [0.4, 0.5) is 0 Å². The smallest absolute Gasteiger partial charge is 0.243 e. The van der Waals surface area contributed by atoms with Crippen LogP contribution in [0.15, 0.2) is 4.52 Å². The molecule has 1 aromatic rings. The minimum absolute atomic E-state index is 0.0210. The molecule has 3 fully saturated rings. The van der Waals surface area contributed by atoms with Crippen LogP contribution in [0.5, 0.6) is 0 Å². The first-order valence-corrected chi connectivity index (χ1v) is 7.09. The van der Waals surface area contributed by atoms with Crippen molar-refractivity contribution in [2.24, 2.45) is 0 Å². The Bertz CT molecular complexity index is 506. The van der Waals surface area contributed by atoms with Crippen LogP contribution in [-0.4, -0.2) is 45.1 Å². The number of carbonyl (C=O) groups is 1. The normalized spacial score (nSPS) is 26.2. The van der Waals surface area contributed by atoms with E-state index in [2.05, 4.69) is 15.0 Å². The van der Waals surface area contributed by atoms with Crippen molar-refractivity contribution in [2.45, 2.75) is 50.6 Å². The molecule has 0 bridgehead atoms. The zero-order valence-corrected chi connectivity index (χ0v) is 11.1. The number of carbonyl (C=O) groups excluding carboxylic acids is 1. The SMILES string of the molecule is C[C@@H](c1nc(C2CC2)no1)N1CC(=O)N(C2CC2)C1. The first-order chi connectivity index (χ1) is 9.22. The molecular weight excluding hydrogens is 244 g/mol. The van der Waals surface area contributed by atoms with Gasteiger partial charge in [-0.15, -0.1) is 0 Å². The molecule has 102 valence electrons. The molecule has 2 aliphatic carbocycles. The van der Waals surface area contributed by atoms with E-state index < -0.39 is 0 Å². The maximum Gasteiger partial charge on any atom is 0.243 e. The second-order valence-electron chi connectivity index (χ2n) is 5.92. The van der Waals surface area contributed by atoms with E-state index >= 15 is 0 Å². The summed E-state index contributed by atoms with van der Waals surface area (Å²) in [7, 11) is 0. The van der Waals surface area contributed by atoms with Gasteiger partial charge in [-0.25, -0.2) is 0 Å². The number of hydrogen-bond acceptors (Lipinski definition) is 5. The molecule has 19 heavy (non-hydrogen) atoms. The summed E-state index contributed by atoms with van der Waals surface area (Å²) in [5.41, 5.74) is 0. The van der Waals surface area contributed by atoms with Gasteiger partial charge in [0, 0.05) is 12.0 Å². The van der Waals surface area contributed by atoms with Gasteiger partial charge in [-0.3, -0.25) is 9.69 Å². The zero-order valence-electron chi connectivity index (χ0n) is 11.1. The Morgan fingerprint density at radius 1 is 1.32 bits per heavy atom. The highest BCUT2D eigenvalue weighted by Gasteiger charge is 2.41. The summed E-state index contributed by atoms with van der Waals surface area (Å²) in [5.74, 6) is 2.22. The maximum atomic E-state index is 11.9. The molecule has 2 heterocycles. The fourth-order valence-corrected chi connectivity index (χ4v) is 2.63. The maximum absolute atomic E-state index is 11.9. The van der Waals surface area contributed by atoms with Crippen molar-refractivity contribution in [1.29, 1.82) is 0 Å². The van der Waals surface area contributed by atoms with Crippen LogP contribution in [0.1, 0.15) is 56.3 Å². The summed E-state index contributed by atoms with van der Waals surface area (Å²) < 4.78 is 5.35. The van der Waals surface area contributed by atoms with Crippen LogP contribution in [0.25, 0.3) is 0 Å². The molecule has 4 rings (SSSR count). The summed E-state index contributed by atoms with van der Waals surface area (Å²) in [6.07, 6.45) is 4.65. The molecule has 0 aromatic carbocycles. The molecule has 6 heteroatoms. The number of amides is 1. The van der Waals surface area contributed by atoms with E-state index in [1.807, 2.05) is 11.8 Å². The van der Waals surface area contributed by atoms with E-state index in [4.69, 9.17) is 4.52 Å². The van der Waals surface area contributed by atoms with Gasteiger partial charge in [0.05, 0.1) is 19.3 Å². The van der Waals surface area contributed by atoms with Crippen molar-refractivity contribution in [3.8, 4) is 0 Å². The molecule has 0 unspecified atom stereocenters. The van der Waals surface area contributed by atoms with E-state index in [9.17, 15) is 4.79 Å². The largest absolute Gasteiger partial charge is 0.338 e. The van der Waals surface area contributed by atoms with Gasteiger partial charge < -0.3 is 9.42 Å². The van der Waals surface area contributed by atoms with Gasteiger partial charge in [0.2, 0.25) is 11.8 Å². The Kier molecular flexibility index (Phi) is 2.42. The zero-order chi connectivity index (χ0) is 13.0. The first-order valence-electron chi connectivity index (χ1n) is 7.09. The molecule has 3 aliphatic rings.